The summed E-state index contributed by atoms with van der Waals surface area (Å²) in [5.41, 5.74) is 1.27. The topological polar surface area (TPSA) is 87.0 Å². The Balaban J connectivity index is 2.06. The van der Waals surface area contributed by atoms with Gasteiger partial charge in [0.15, 0.2) is 22.9 Å². The molecule has 1 fully saturated rings. The number of piperidine rings is 1. The smallest absolute Gasteiger partial charge is 0.231 e. The highest BCUT2D eigenvalue weighted by atomic mass is 32.2. The van der Waals surface area contributed by atoms with Crippen LogP contribution in [0, 0.1) is 11.5 Å². The van der Waals surface area contributed by atoms with Crippen LogP contribution in [-0.4, -0.2) is 30.7 Å². The summed E-state index contributed by atoms with van der Waals surface area (Å²) in [6, 6.07) is 3.53. The van der Waals surface area contributed by atoms with E-state index in [1.54, 1.807) is 17.0 Å². The van der Waals surface area contributed by atoms with Crippen molar-refractivity contribution in [2.24, 2.45) is 4.99 Å². The first-order valence-electron chi connectivity index (χ1n) is 7.24. The third-order valence-electron chi connectivity index (χ3n) is 3.66. The summed E-state index contributed by atoms with van der Waals surface area (Å²) in [5.74, 6) is 1.27. The summed E-state index contributed by atoms with van der Waals surface area (Å²) in [5, 5.41) is 11.8. The normalized spacial score (nSPS) is 17.1. The Morgan fingerprint density at radius 3 is 2.87 bits per heavy atom. The van der Waals surface area contributed by atoms with Crippen molar-refractivity contribution >= 4 is 34.2 Å². The number of aliphatic imine (C=N–C) groups is 1. The minimum absolute atomic E-state index is 0.0745. The van der Waals surface area contributed by atoms with Crippen molar-refractivity contribution in [1.29, 1.82) is 5.26 Å². The van der Waals surface area contributed by atoms with E-state index in [2.05, 4.69) is 10.3 Å². The number of hydrogen-bond acceptors (Lipinski definition) is 6. The maximum absolute atomic E-state index is 12.3. The highest BCUT2D eigenvalue weighted by Crippen LogP contribution is 2.43. The summed E-state index contributed by atoms with van der Waals surface area (Å²) in [6.07, 6.45) is 6.07. The number of carbonyl (C=O) groups is 1. The van der Waals surface area contributed by atoms with Gasteiger partial charge < -0.3 is 14.4 Å². The zero-order valence-electron chi connectivity index (χ0n) is 12.7. The monoisotopic (exact) mass is 332 g/mol. The molecule has 1 aromatic rings. The molecule has 1 N–H and O–H groups in total. The zero-order chi connectivity index (χ0) is 16.2. The van der Waals surface area contributed by atoms with E-state index in [9.17, 15) is 4.79 Å². The van der Waals surface area contributed by atoms with E-state index in [-0.39, 0.29) is 12.7 Å². The molecule has 0 spiro atoms. The second kappa shape index (κ2) is 6.79. The van der Waals surface area contributed by atoms with Gasteiger partial charge in [-0.25, -0.2) is 4.99 Å². The maximum atomic E-state index is 12.3. The van der Waals surface area contributed by atoms with Crippen molar-refractivity contribution in [3.05, 3.63) is 12.1 Å². The number of thioether (sulfide) groups is 1. The van der Waals surface area contributed by atoms with Crippen LogP contribution in [0.3, 0.4) is 0 Å². The SMILES string of the molecule is CSC(=Nc1cc2c(cc1N1CCCCC1=O)OCO2)NC#N. The molecule has 0 bridgehead atoms. The van der Waals surface area contributed by atoms with Crippen LogP contribution >= 0.6 is 11.8 Å². The number of ether oxygens (including phenoxy) is 2. The van der Waals surface area contributed by atoms with Gasteiger partial charge in [0.2, 0.25) is 12.7 Å². The Morgan fingerprint density at radius 1 is 1.39 bits per heavy atom. The lowest BCUT2D eigenvalue weighted by Gasteiger charge is -2.28. The summed E-state index contributed by atoms with van der Waals surface area (Å²) < 4.78 is 10.8. The molecule has 0 atom stereocenters. The Morgan fingerprint density at radius 2 is 2.17 bits per heavy atom. The van der Waals surface area contributed by atoms with E-state index in [0.29, 0.717) is 41.0 Å². The molecule has 120 valence electrons. The highest BCUT2D eigenvalue weighted by molar-refractivity contribution is 8.13. The first-order chi connectivity index (χ1) is 11.2. The summed E-state index contributed by atoms with van der Waals surface area (Å²) in [7, 11) is 0. The number of nitrogens with zero attached hydrogens (tertiary/aromatic N) is 3. The van der Waals surface area contributed by atoms with Crippen LogP contribution in [0.25, 0.3) is 0 Å². The minimum Gasteiger partial charge on any atom is -0.454 e. The molecule has 1 aromatic carbocycles. The fourth-order valence-electron chi connectivity index (χ4n) is 2.57. The van der Waals surface area contributed by atoms with Gasteiger partial charge >= 0.3 is 0 Å². The Kier molecular flexibility index (Phi) is 4.57. The average molecular weight is 332 g/mol. The lowest BCUT2D eigenvalue weighted by Crippen LogP contribution is -2.35. The summed E-state index contributed by atoms with van der Waals surface area (Å²) in [6.45, 7) is 0.809. The highest BCUT2D eigenvalue weighted by Gasteiger charge is 2.26. The molecule has 0 aromatic heterocycles. The molecule has 0 aliphatic carbocycles. The van der Waals surface area contributed by atoms with Crippen molar-refractivity contribution < 1.29 is 14.3 Å². The van der Waals surface area contributed by atoms with Gasteiger partial charge in [-0.15, -0.1) is 0 Å². The van der Waals surface area contributed by atoms with Gasteiger partial charge in [0, 0.05) is 25.1 Å². The standard InChI is InChI=1S/C15H16N4O3S/c1-23-15(17-8-16)18-10-6-12-13(22-9-21-12)7-11(10)19-5-3-2-4-14(19)20/h6-7H,2-5,9H2,1H3,(H,17,18). The van der Waals surface area contributed by atoms with Crippen LogP contribution in [0.2, 0.25) is 0 Å². The molecular formula is C15H16N4O3S. The van der Waals surface area contributed by atoms with E-state index < -0.39 is 0 Å². The number of benzene rings is 1. The molecule has 3 rings (SSSR count). The van der Waals surface area contributed by atoms with E-state index >= 15 is 0 Å². The molecular weight excluding hydrogens is 316 g/mol. The number of fused-ring (bicyclic) bond motifs is 1. The first kappa shape index (κ1) is 15.5. The van der Waals surface area contributed by atoms with Crippen LogP contribution in [0.5, 0.6) is 11.5 Å². The van der Waals surface area contributed by atoms with Crippen LogP contribution in [0.4, 0.5) is 11.4 Å². The largest absolute Gasteiger partial charge is 0.454 e. The molecule has 2 heterocycles. The Bertz CT molecular complexity index is 699. The first-order valence-corrected chi connectivity index (χ1v) is 8.47. The number of hydrogen-bond donors (Lipinski definition) is 1. The molecule has 2 aliphatic rings. The number of anilines is 1. The second-order valence-corrected chi connectivity index (χ2v) is 5.85. The molecule has 1 amide bonds. The van der Waals surface area contributed by atoms with Crippen LogP contribution in [0.1, 0.15) is 19.3 Å². The Labute approximate surface area is 138 Å². The molecule has 0 saturated carbocycles. The van der Waals surface area contributed by atoms with Crippen LogP contribution in [-0.2, 0) is 4.79 Å². The number of nitrogens with one attached hydrogen (secondary N) is 1. The molecule has 7 nitrogen and oxygen atoms in total. The van der Waals surface area contributed by atoms with Gasteiger partial charge in [-0.3, -0.25) is 10.1 Å². The number of nitriles is 1. The Hall–Kier alpha value is -2.40. The van der Waals surface area contributed by atoms with Gasteiger partial charge in [-0.05, 0) is 19.1 Å². The summed E-state index contributed by atoms with van der Waals surface area (Å²) >= 11 is 1.32. The molecule has 23 heavy (non-hydrogen) atoms. The fourth-order valence-corrected chi connectivity index (χ4v) is 2.91. The number of amidine groups is 1. The maximum Gasteiger partial charge on any atom is 0.231 e. The van der Waals surface area contributed by atoms with E-state index in [4.69, 9.17) is 14.7 Å². The van der Waals surface area contributed by atoms with Crippen LogP contribution < -0.4 is 19.7 Å². The molecule has 0 radical (unpaired) electrons. The zero-order valence-corrected chi connectivity index (χ0v) is 13.5. The van der Waals surface area contributed by atoms with Crippen molar-refractivity contribution in [2.75, 3.05) is 24.5 Å². The van der Waals surface area contributed by atoms with E-state index in [1.165, 1.54) is 11.8 Å². The second-order valence-electron chi connectivity index (χ2n) is 5.05. The number of rotatable bonds is 2. The van der Waals surface area contributed by atoms with Gasteiger partial charge in [-0.2, -0.15) is 5.26 Å². The third kappa shape index (κ3) is 3.19. The molecule has 8 heteroatoms. The van der Waals surface area contributed by atoms with Gasteiger partial charge in [0.25, 0.3) is 0 Å². The van der Waals surface area contributed by atoms with Gasteiger partial charge in [-0.1, -0.05) is 11.8 Å². The fraction of sp³-hybridized carbons (Fsp3) is 0.400. The summed E-state index contributed by atoms with van der Waals surface area (Å²) in [4.78, 5) is 18.5. The van der Waals surface area contributed by atoms with Crippen LogP contribution in [0.15, 0.2) is 17.1 Å². The van der Waals surface area contributed by atoms with E-state index in [0.717, 1.165) is 12.8 Å². The number of amides is 1. The lowest BCUT2D eigenvalue weighted by atomic mass is 10.1. The van der Waals surface area contributed by atoms with Gasteiger partial charge in [0.1, 0.15) is 0 Å². The van der Waals surface area contributed by atoms with Gasteiger partial charge in [0.05, 0.1) is 11.4 Å². The molecule has 1 saturated heterocycles. The quantitative estimate of drug-likeness (QED) is 0.387. The van der Waals surface area contributed by atoms with Crippen molar-refractivity contribution in [1.82, 2.24) is 5.32 Å². The predicted molar refractivity (Wildman–Crippen MR) is 88.1 cm³/mol. The van der Waals surface area contributed by atoms with Crippen molar-refractivity contribution in [3.8, 4) is 17.7 Å². The molecule has 0 unspecified atom stereocenters. The molecule has 2 aliphatic heterocycles. The minimum atomic E-state index is 0.0745. The predicted octanol–water partition coefficient (Wildman–Crippen LogP) is 2.35. The average Bonchev–Trinajstić information content (AvgIpc) is 3.01. The van der Waals surface area contributed by atoms with Crippen molar-refractivity contribution in [2.45, 2.75) is 19.3 Å². The lowest BCUT2D eigenvalue weighted by molar-refractivity contribution is -0.119. The third-order valence-corrected chi connectivity index (χ3v) is 4.24. The number of carbonyl (C=O) groups excluding carboxylic acids is 1. The van der Waals surface area contributed by atoms with E-state index in [1.807, 2.05) is 12.4 Å². The van der Waals surface area contributed by atoms with Crippen molar-refractivity contribution in [3.63, 3.8) is 0 Å².